The van der Waals surface area contributed by atoms with Gasteiger partial charge in [-0.15, -0.1) is 0 Å². The van der Waals surface area contributed by atoms with Crippen LogP contribution in [0.4, 0.5) is 0 Å². The van der Waals surface area contributed by atoms with Gasteiger partial charge >= 0.3 is 0 Å². The SMILES string of the molecule is CN(Cc1ccc(C(C)(C)C)cc1)C(=O)CC1(N)CCC1. The third kappa shape index (κ3) is 4.07. The van der Waals surface area contributed by atoms with Gasteiger partial charge in [0.15, 0.2) is 0 Å². The van der Waals surface area contributed by atoms with Crippen molar-refractivity contribution in [3.05, 3.63) is 35.4 Å². The Hall–Kier alpha value is -1.35. The molecule has 1 fully saturated rings. The highest BCUT2D eigenvalue weighted by atomic mass is 16.2. The van der Waals surface area contributed by atoms with Gasteiger partial charge in [-0.25, -0.2) is 0 Å². The molecule has 1 amide bonds. The number of carbonyl (C=O) groups is 1. The summed E-state index contributed by atoms with van der Waals surface area (Å²) in [5.74, 6) is 0.150. The Balaban J connectivity index is 1.93. The maximum atomic E-state index is 12.2. The zero-order valence-corrected chi connectivity index (χ0v) is 13.8. The lowest BCUT2D eigenvalue weighted by Gasteiger charge is -2.38. The Morgan fingerprint density at radius 3 is 2.24 bits per heavy atom. The lowest BCUT2D eigenvalue weighted by molar-refractivity contribution is -0.132. The summed E-state index contributed by atoms with van der Waals surface area (Å²) in [4.78, 5) is 14.0. The van der Waals surface area contributed by atoms with Gasteiger partial charge in [0.2, 0.25) is 5.91 Å². The highest BCUT2D eigenvalue weighted by molar-refractivity contribution is 5.77. The third-order valence-corrected chi connectivity index (χ3v) is 4.52. The number of hydrogen-bond acceptors (Lipinski definition) is 2. The van der Waals surface area contributed by atoms with Crippen molar-refractivity contribution in [1.82, 2.24) is 4.90 Å². The standard InChI is InChI=1S/C18H28N2O/c1-17(2,3)15-8-6-14(7-9-15)13-20(4)16(21)12-18(19)10-5-11-18/h6-9H,5,10-13,19H2,1-4H3. The molecule has 0 aromatic heterocycles. The fraction of sp³-hybridized carbons (Fsp3) is 0.611. The molecule has 2 N–H and O–H groups in total. The molecule has 0 bridgehead atoms. The van der Waals surface area contributed by atoms with Crippen molar-refractivity contribution in [3.63, 3.8) is 0 Å². The minimum atomic E-state index is -0.235. The molecular formula is C18H28N2O. The largest absolute Gasteiger partial charge is 0.341 e. The molecule has 1 aliphatic rings. The van der Waals surface area contributed by atoms with E-state index < -0.39 is 0 Å². The Labute approximate surface area is 128 Å². The molecule has 2 rings (SSSR count). The first-order valence-corrected chi connectivity index (χ1v) is 7.82. The van der Waals surface area contributed by atoms with Crippen molar-refractivity contribution in [1.29, 1.82) is 0 Å². The van der Waals surface area contributed by atoms with Gasteiger partial charge in [0.05, 0.1) is 0 Å². The van der Waals surface area contributed by atoms with E-state index in [2.05, 4.69) is 45.0 Å². The summed E-state index contributed by atoms with van der Waals surface area (Å²) in [7, 11) is 1.86. The summed E-state index contributed by atoms with van der Waals surface area (Å²) in [6.45, 7) is 7.27. The summed E-state index contributed by atoms with van der Waals surface area (Å²) in [5, 5.41) is 0. The van der Waals surface area contributed by atoms with E-state index in [9.17, 15) is 4.79 Å². The molecule has 0 spiro atoms. The summed E-state index contributed by atoms with van der Waals surface area (Å²) in [6, 6.07) is 8.55. The average molecular weight is 288 g/mol. The molecule has 21 heavy (non-hydrogen) atoms. The van der Waals surface area contributed by atoms with Gasteiger partial charge in [0, 0.05) is 25.6 Å². The Kier molecular flexibility index (Phi) is 4.43. The molecule has 0 atom stereocenters. The Bertz CT molecular complexity index is 495. The number of carbonyl (C=O) groups excluding carboxylic acids is 1. The second kappa shape index (κ2) is 5.80. The van der Waals surface area contributed by atoms with E-state index in [0.717, 1.165) is 19.3 Å². The van der Waals surface area contributed by atoms with Gasteiger partial charge in [0.25, 0.3) is 0 Å². The minimum absolute atomic E-state index is 0.150. The van der Waals surface area contributed by atoms with Crippen molar-refractivity contribution in [2.75, 3.05) is 7.05 Å². The van der Waals surface area contributed by atoms with Crippen LogP contribution < -0.4 is 5.73 Å². The van der Waals surface area contributed by atoms with Crippen LogP contribution in [-0.4, -0.2) is 23.4 Å². The predicted octanol–water partition coefficient (Wildman–Crippen LogP) is 3.21. The highest BCUT2D eigenvalue weighted by Gasteiger charge is 2.35. The first kappa shape index (κ1) is 16.0. The van der Waals surface area contributed by atoms with Crippen LogP contribution in [-0.2, 0) is 16.8 Å². The van der Waals surface area contributed by atoms with Crippen LogP contribution in [0.3, 0.4) is 0 Å². The smallest absolute Gasteiger partial charge is 0.224 e. The molecule has 0 saturated heterocycles. The van der Waals surface area contributed by atoms with E-state index in [1.54, 1.807) is 4.90 Å². The zero-order valence-electron chi connectivity index (χ0n) is 13.8. The number of nitrogens with two attached hydrogens (primary N) is 1. The lowest BCUT2D eigenvalue weighted by Crippen LogP contribution is -2.50. The Morgan fingerprint density at radius 1 is 1.24 bits per heavy atom. The van der Waals surface area contributed by atoms with Gasteiger partial charge in [-0.2, -0.15) is 0 Å². The monoisotopic (exact) mass is 288 g/mol. The van der Waals surface area contributed by atoms with Crippen LogP contribution in [0.5, 0.6) is 0 Å². The van der Waals surface area contributed by atoms with E-state index >= 15 is 0 Å². The number of rotatable bonds is 4. The molecule has 1 saturated carbocycles. The summed E-state index contributed by atoms with van der Waals surface area (Å²) < 4.78 is 0. The van der Waals surface area contributed by atoms with Gasteiger partial charge in [-0.3, -0.25) is 4.79 Å². The molecule has 3 nitrogen and oxygen atoms in total. The van der Waals surface area contributed by atoms with Crippen molar-refractivity contribution >= 4 is 5.91 Å². The van der Waals surface area contributed by atoms with Crippen LogP contribution >= 0.6 is 0 Å². The second-order valence-electron chi connectivity index (χ2n) is 7.59. The molecule has 1 aliphatic carbocycles. The minimum Gasteiger partial charge on any atom is -0.341 e. The van der Waals surface area contributed by atoms with Crippen LogP contribution in [0, 0.1) is 0 Å². The average Bonchev–Trinajstić information content (AvgIpc) is 2.36. The maximum absolute atomic E-state index is 12.2. The molecule has 0 heterocycles. The summed E-state index contributed by atoms with van der Waals surface area (Å²) in [6.07, 6.45) is 3.59. The molecule has 0 unspecified atom stereocenters. The van der Waals surface area contributed by atoms with E-state index in [0.29, 0.717) is 13.0 Å². The third-order valence-electron chi connectivity index (χ3n) is 4.52. The summed E-state index contributed by atoms with van der Waals surface area (Å²) in [5.41, 5.74) is 8.56. The van der Waals surface area contributed by atoms with E-state index in [1.165, 1.54) is 11.1 Å². The van der Waals surface area contributed by atoms with Crippen LogP contribution in [0.1, 0.15) is 57.6 Å². The molecule has 0 aliphatic heterocycles. The van der Waals surface area contributed by atoms with Crippen LogP contribution in [0.2, 0.25) is 0 Å². The van der Waals surface area contributed by atoms with E-state index in [1.807, 2.05) is 7.05 Å². The molecular weight excluding hydrogens is 260 g/mol. The summed E-state index contributed by atoms with van der Waals surface area (Å²) >= 11 is 0. The molecule has 116 valence electrons. The van der Waals surface area contributed by atoms with Gasteiger partial charge in [-0.05, 0) is 35.8 Å². The number of benzene rings is 1. The van der Waals surface area contributed by atoms with Crippen molar-refractivity contribution in [2.24, 2.45) is 5.73 Å². The second-order valence-corrected chi connectivity index (χ2v) is 7.59. The lowest BCUT2D eigenvalue weighted by atomic mass is 9.75. The normalized spacial score (nSPS) is 17.2. The Morgan fingerprint density at radius 2 is 1.81 bits per heavy atom. The first-order valence-electron chi connectivity index (χ1n) is 7.82. The van der Waals surface area contributed by atoms with Gasteiger partial charge in [0.1, 0.15) is 0 Å². The maximum Gasteiger partial charge on any atom is 0.224 e. The van der Waals surface area contributed by atoms with Crippen LogP contribution in [0.15, 0.2) is 24.3 Å². The predicted molar refractivity (Wildman–Crippen MR) is 87.0 cm³/mol. The number of hydrogen-bond donors (Lipinski definition) is 1. The molecule has 0 radical (unpaired) electrons. The number of amides is 1. The fourth-order valence-electron chi connectivity index (χ4n) is 2.72. The number of nitrogens with zero attached hydrogens (tertiary/aromatic N) is 1. The van der Waals surface area contributed by atoms with Crippen molar-refractivity contribution < 1.29 is 4.79 Å². The van der Waals surface area contributed by atoms with Crippen molar-refractivity contribution in [2.45, 2.75) is 64.0 Å². The van der Waals surface area contributed by atoms with Gasteiger partial charge < -0.3 is 10.6 Å². The fourth-order valence-corrected chi connectivity index (χ4v) is 2.72. The van der Waals surface area contributed by atoms with Crippen LogP contribution in [0.25, 0.3) is 0 Å². The topological polar surface area (TPSA) is 46.3 Å². The van der Waals surface area contributed by atoms with E-state index in [4.69, 9.17) is 5.73 Å². The molecule has 1 aromatic carbocycles. The van der Waals surface area contributed by atoms with Gasteiger partial charge in [-0.1, -0.05) is 45.0 Å². The van der Waals surface area contributed by atoms with Crippen molar-refractivity contribution in [3.8, 4) is 0 Å². The first-order chi connectivity index (χ1) is 9.70. The highest BCUT2D eigenvalue weighted by Crippen LogP contribution is 2.32. The zero-order chi connectivity index (χ0) is 15.7. The quantitative estimate of drug-likeness (QED) is 0.924. The van der Waals surface area contributed by atoms with E-state index in [-0.39, 0.29) is 16.9 Å². The molecule has 3 heteroatoms. The molecule has 1 aromatic rings.